The van der Waals surface area contributed by atoms with Crippen LogP contribution in [0.2, 0.25) is 0 Å². The molecule has 2 heteroatoms. The molecule has 1 fully saturated rings. The first-order valence-electron chi connectivity index (χ1n) is 2.07. The van der Waals surface area contributed by atoms with Gasteiger partial charge in [-0.2, -0.15) is 11.8 Å². The minimum absolute atomic E-state index is 1.07. The molecule has 1 saturated heterocycles. The Hall–Kier alpha value is 1.08. The summed E-state index contributed by atoms with van der Waals surface area (Å²) in [5, 5.41) is 0. The van der Waals surface area contributed by atoms with Crippen molar-refractivity contribution in [2.24, 2.45) is 5.92 Å². The molecule has 0 bridgehead atoms. The molecule has 6 heavy (non-hydrogen) atoms. The maximum absolute atomic E-state index is 2.45. The first-order chi connectivity index (χ1) is 2.93. The van der Waals surface area contributed by atoms with Crippen LogP contribution in [0.25, 0.3) is 0 Å². The highest BCUT2D eigenvalue weighted by Gasteiger charge is 2.15. The van der Waals surface area contributed by atoms with Crippen molar-refractivity contribution in [3.8, 4) is 0 Å². The Morgan fingerprint density at radius 2 is 2.33 bits per heavy atom. The zero-order chi connectivity index (χ0) is 4.41. The molecule has 0 saturated carbocycles. The summed E-state index contributed by atoms with van der Waals surface area (Å²) in [5.74, 6) is 3.90. The molecule has 0 nitrogen and oxygen atoms in total. The molecule has 1 aliphatic rings. The first-order valence-corrected chi connectivity index (χ1v) is 4.75. The van der Waals surface area contributed by atoms with Gasteiger partial charge in [-0.15, -0.1) is 0 Å². The second-order valence-electron chi connectivity index (χ2n) is 1.56. The van der Waals surface area contributed by atoms with E-state index < -0.39 is 0 Å². The maximum Gasteiger partial charge on any atom is 0.00394 e. The Labute approximate surface area is 56.2 Å². The molecule has 36 valence electrons. The van der Waals surface area contributed by atoms with Crippen molar-refractivity contribution in [2.75, 3.05) is 15.9 Å². The molecule has 0 aromatic rings. The van der Waals surface area contributed by atoms with E-state index in [9.17, 15) is 0 Å². The van der Waals surface area contributed by atoms with Crippen LogP contribution in [0.3, 0.4) is 0 Å². The standard InChI is InChI=1S/C4H7IS/c5-1-4-2-6-3-4/h4H,1-3H2. The van der Waals surface area contributed by atoms with Crippen molar-refractivity contribution < 1.29 is 0 Å². The van der Waals surface area contributed by atoms with Gasteiger partial charge in [-0.25, -0.2) is 0 Å². The normalized spacial score (nSPS) is 23.5. The molecular formula is C4H7IS. The first kappa shape index (κ1) is 5.22. The zero-order valence-corrected chi connectivity index (χ0v) is 6.46. The zero-order valence-electron chi connectivity index (χ0n) is 3.48. The number of rotatable bonds is 1. The Morgan fingerprint density at radius 3 is 2.33 bits per heavy atom. The number of hydrogen-bond acceptors (Lipinski definition) is 1. The van der Waals surface area contributed by atoms with E-state index in [4.69, 9.17) is 0 Å². The van der Waals surface area contributed by atoms with Gasteiger partial charge in [0.1, 0.15) is 0 Å². The van der Waals surface area contributed by atoms with E-state index in [-0.39, 0.29) is 0 Å². The van der Waals surface area contributed by atoms with Gasteiger partial charge < -0.3 is 0 Å². The van der Waals surface area contributed by atoms with Crippen LogP contribution in [-0.4, -0.2) is 15.9 Å². The molecule has 0 spiro atoms. The summed E-state index contributed by atoms with van der Waals surface area (Å²) < 4.78 is 1.37. The van der Waals surface area contributed by atoms with Gasteiger partial charge in [-0.05, 0) is 17.4 Å². The minimum atomic E-state index is 1.07. The summed E-state index contributed by atoms with van der Waals surface area (Å²) in [6.07, 6.45) is 0. The second kappa shape index (κ2) is 2.40. The quantitative estimate of drug-likeness (QED) is 0.473. The number of halogens is 1. The molecule has 0 radical (unpaired) electrons. The Morgan fingerprint density at radius 1 is 1.67 bits per heavy atom. The van der Waals surface area contributed by atoms with Crippen molar-refractivity contribution in [3.63, 3.8) is 0 Å². The summed E-state index contributed by atoms with van der Waals surface area (Å²) >= 11 is 4.52. The molecule has 0 unspecified atom stereocenters. The van der Waals surface area contributed by atoms with Crippen molar-refractivity contribution in [3.05, 3.63) is 0 Å². The smallest absolute Gasteiger partial charge is 0.00394 e. The van der Waals surface area contributed by atoms with Crippen molar-refractivity contribution in [1.29, 1.82) is 0 Å². The maximum atomic E-state index is 2.45. The summed E-state index contributed by atoms with van der Waals surface area (Å²) in [7, 11) is 0. The molecule has 0 aliphatic carbocycles. The van der Waals surface area contributed by atoms with Gasteiger partial charge in [0, 0.05) is 4.43 Å². The van der Waals surface area contributed by atoms with E-state index in [1.54, 1.807) is 0 Å². The molecule has 0 N–H and O–H groups in total. The fourth-order valence-electron chi connectivity index (χ4n) is 0.374. The van der Waals surface area contributed by atoms with Crippen molar-refractivity contribution in [2.45, 2.75) is 0 Å². The van der Waals surface area contributed by atoms with Gasteiger partial charge in [0.25, 0.3) is 0 Å². The number of alkyl halides is 1. The van der Waals surface area contributed by atoms with Crippen LogP contribution in [0.15, 0.2) is 0 Å². The van der Waals surface area contributed by atoms with Gasteiger partial charge in [0.2, 0.25) is 0 Å². The Kier molecular flexibility index (Phi) is 2.09. The van der Waals surface area contributed by atoms with Gasteiger partial charge in [0.05, 0.1) is 0 Å². The minimum Gasteiger partial charge on any atom is -0.161 e. The Balaban J connectivity index is 2.01. The van der Waals surface area contributed by atoms with E-state index in [1.165, 1.54) is 15.9 Å². The van der Waals surface area contributed by atoms with Crippen LogP contribution in [0, 0.1) is 5.92 Å². The molecule has 0 aromatic heterocycles. The largest absolute Gasteiger partial charge is 0.161 e. The highest BCUT2D eigenvalue weighted by atomic mass is 127. The third kappa shape index (κ3) is 1.03. The van der Waals surface area contributed by atoms with Crippen LogP contribution < -0.4 is 0 Å². The van der Waals surface area contributed by atoms with Crippen LogP contribution in [0.1, 0.15) is 0 Å². The van der Waals surface area contributed by atoms with Crippen LogP contribution in [-0.2, 0) is 0 Å². The highest BCUT2D eigenvalue weighted by molar-refractivity contribution is 14.1. The lowest BCUT2D eigenvalue weighted by molar-refractivity contribution is 0.749. The highest BCUT2D eigenvalue weighted by Crippen LogP contribution is 2.25. The van der Waals surface area contributed by atoms with E-state index >= 15 is 0 Å². The monoisotopic (exact) mass is 214 g/mol. The van der Waals surface area contributed by atoms with Crippen molar-refractivity contribution >= 4 is 34.4 Å². The average molecular weight is 214 g/mol. The van der Waals surface area contributed by atoms with Gasteiger partial charge in [-0.3, -0.25) is 0 Å². The molecular weight excluding hydrogens is 207 g/mol. The summed E-state index contributed by atoms with van der Waals surface area (Å²) in [6.45, 7) is 0. The second-order valence-corrected chi connectivity index (χ2v) is 3.51. The summed E-state index contributed by atoms with van der Waals surface area (Å²) in [6, 6.07) is 0. The predicted molar refractivity (Wildman–Crippen MR) is 39.7 cm³/mol. The van der Waals surface area contributed by atoms with Gasteiger partial charge in [-0.1, -0.05) is 22.6 Å². The fourth-order valence-corrected chi connectivity index (χ4v) is 2.65. The predicted octanol–water partition coefficient (Wildman–Crippen LogP) is 1.78. The number of hydrogen-bond donors (Lipinski definition) is 0. The molecule has 1 rings (SSSR count). The van der Waals surface area contributed by atoms with E-state index in [2.05, 4.69) is 34.4 Å². The van der Waals surface area contributed by atoms with E-state index in [1.807, 2.05) is 0 Å². The van der Waals surface area contributed by atoms with Gasteiger partial charge >= 0.3 is 0 Å². The topological polar surface area (TPSA) is 0 Å². The molecule has 0 amide bonds. The third-order valence-corrected chi connectivity index (χ3v) is 3.59. The van der Waals surface area contributed by atoms with Gasteiger partial charge in [0.15, 0.2) is 0 Å². The lowest BCUT2D eigenvalue weighted by Gasteiger charge is -2.21. The SMILES string of the molecule is ICC1CSC1. The third-order valence-electron chi connectivity index (χ3n) is 0.925. The Bertz CT molecular complexity index is 40.1. The lowest BCUT2D eigenvalue weighted by atomic mass is 10.2. The van der Waals surface area contributed by atoms with Crippen LogP contribution in [0.4, 0.5) is 0 Å². The van der Waals surface area contributed by atoms with Crippen LogP contribution in [0.5, 0.6) is 0 Å². The molecule has 1 heterocycles. The summed E-state index contributed by atoms with van der Waals surface area (Å²) in [4.78, 5) is 0. The fraction of sp³-hybridized carbons (Fsp3) is 1.00. The van der Waals surface area contributed by atoms with Crippen LogP contribution >= 0.6 is 34.4 Å². The van der Waals surface area contributed by atoms with E-state index in [0.29, 0.717) is 0 Å². The molecule has 1 aliphatic heterocycles. The molecule has 0 aromatic carbocycles. The van der Waals surface area contributed by atoms with Crippen molar-refractivity contribution in [1.82, 2.24) is 0 Å². The lowest BCUT2D eigenvalue weighted by Crippen LogP contribution is -2.18. The molecule has 0 atom stereocenters. The van der Waals surface area contributed by atoms with E-state index in [0.717, 1.165) is 5.92 Å². The average Bonchev–Trinajstić information content (AvgIpc) is 1.31. The number of thioether (sulfide) groups is 1. The summed E-state index contributed by atoms with van der Waals surface area (Å²) in [5.41, 5.74) is 0.